The average molecular weight is 432 g/mol. The molecule has 1 aliphatic rings. The Hall–Kier alpha value is -3.44. The Balaban J connectivity index is 1.67. The number of aryl methyl sites for hydroxylation is 1. The van der Waals surface area contributed by atoms with Crippen LogP contribution < -0.4 is 10.2 Å². The minimum atomic E-state index is -0.265. The van der Waals surface area contributed by atoms with Crippen molar-refractivity contribution < 1.29 is 9.59 Å². The van der Waals surface area contributed by atoms with Crippen molar-refractivity contribution in [3.8, 4) is 0 Å². The van der Waals surface area contributed by atoms with Crippen molar-refractivity contribution in [2.75, 3.05) is 23.3 Å². The van der Waals surface area contributed by atoms with Crippen LogP contribution in [0.1, 0.15) is 23.6 Å². The third-order valence-electron chi connectivity index (χ3n) is 5.20. The second-order valence-electron chi connectivity index (χ2n) is 7.23. The first-order valence-corrected chi connectivity index (χ1v) is 10.5. The van der Waals surface area contributed by atoms with E-state index in [4.69, 9.17) is 11.6 Å². The maximum atomic E-state index is 13.0. The van der Waals surface area contributed by atoms with Gasteiger partial charge in [-0.3, -0.25) is 14.6 Å². The highest BCUT2D eigenvalue weighted by molar-refractivity contribution is 6.32. The number of benzene rings is 3. The Bertz CT molecular complexity index is 1160. The fourth-order valence-corrected chi connectivity index (χ4v) is 3.86. The summed E-state index contributed by atoms with van der Waals surface area (Å²) >= 11 is 6.28. The fourth-order valence-electron chi connectivity index (χ4n) is 3.68. The average Bonchev–Trinajstić information content (AvgIpc) is 2.91. The van der Waals surface area contributed by atoms with Crippen LogP contribution in [-0.2, 0) is 16.0 Å². The molecule has 3 aromatic rings. The number of rotatable bonds is 5. The number of fused-ring (bicyclic) bond motifs is 1. The quantitative estimate of drug-likeness (QED) is 0.635. The van der Waals surface area contributed by atoms with Crippen molar-refractivity contribution in [1.82, 2.24) is 0 Å². The zero-order chi connectivity index (χ0) is 21.8. The normalized spacial score (nSPS) is 13.3. The molecule has 31 heavy (non-hydrogen) atoms. The van der Waals surface area contributed by atoms with Crippen LogP contribution >= 0.6 is 11.6 Å². The molecule has 0 saturated carbocycles. The van der Waals surface area contributed by atoms with Gasteiger partial charge in [0.05, 0.1) is 11.4 Å². The number of amides is 2. The molecule has 156 valence electrons. The minimum absolute atomic E-state index is 0.0463. The summed E-state index contributed by atoms with van der Waals surface area (Å²) in [6, 6.07) is 22.6. The van der Waals surface area contributed by atoms with E-state index in [1.807, 2.05) is 61.5 Å². The van der Waals surface area contributed by atoms with Gasteiger partial charge in [0.25, 0.3) is 0 Å². The Morgan fingerprint density at radius 3 is 2.58 bits per heavy atom. The lowest BCUT2D eigenvalue weighted by Gasteiger charge is -2.23. The first kappa shape index (κ1) is 20.8. The molecule has 0 unspecified atom stereocenters. The predicted molar refractivity (Wildman–Crippen MR) is 125 cm³/mol. The van der Waals surface area contributed by atoms with Crippen LogP contribution in [0.4, 0.5) is 11.4 Å². The van der Waals surface area contributed by atoms with Gasteiger partial charge >= 0.3 is 0 Å². The topological polar surface area (TPSA) is 61.8 Å². The molecule has 0 atom stereocenters. The van der Waals surface area contributed by atoms with Gasteiger partial charge in [-0.2, -0.15) is 0 Å². The van der Waals surface area contributed by atoms with E-state index in [-0.39, 0.29) is 24.9 Å². The van der Waals surface area contributed by atoms with Crippen LogP contribution in [0.15, 0.2) is 77.8 Å². The van der Waals surface area contributed by atoms with Crippen molar-refractivity contribution in [2.45, 2.75) is 13.3 Å². The molecule has 1 N–H and O–H groups in total. The summed E-state index contributed by atoms with van der Waals surface area (Å²) in [5, 5.41) is 3.48. The highest BCUT2D eigenvalue weighted by Crippen LogP contribution is 2.29. The Morgan fingerprint density at radius 1 is 1.06 bits per heavy atom. The number of nitrogens with zero attached hydrogens (tertiary/aromatic N) is 2. The van der Waals surface area contributed by atoms with Crippen LogP contribution in [0.2, 0.25) is 5.02 Å². The first-order valence-electron chi connectivity index (χ1n) is 10.1. The van der Waals surface area contributed by atoms with Crippen LogP contribution in [0.25, 0.3) is 0 Å². The molecule has 1 heterocycles. The Morgan fingerprint density at radius 2 is 1.81 bits per heavy atom. The third kappa shape index (κ3) is 4.52. The molecule has 6 heteroatoms. The SMILES string of the molecule is CCc1ccccc1NC(=O)CN1C(=O)CN=C(c2ccccc2)c2cc(Cl)ccc21. The lowest BCUT2D eigenvalue weighted by atomic mass is 10.00. The molecule has 0 saturated heterocycles. The standard InChI is InChI=1S/C25H22ClN3O2/c1-2-17-8-6-7-11-21(17)28-23(30)16-29-22-13-12-19(26)14-20(22)25(27-15-24(29)31)18-9-4-3-5-10-18/h3-14H,2,15-16H2,1H3,(H,28,30). The number of benzodiazepines with no additional fused rings is 1. The molecule has 1 aliphatic heterocycles. The smallest absolute Gasteiger partial charge is 0.249 e. The van der Waals surface area contributed by atoms with Crippen LogP contribution in [0, 0.1) is 0 Å². The summed E-state index contributed by atoms with van der Waals surface area (Å²) in [5.74, 6) is -0.508. The van der Waals surface area contributed by atoms with Gasteiger partial charge in [-0.1, -0.05) is 67.1 Å². The predicted octanol–water partition coefficient (Wildman–Crippen LogP) is 4.73. The van der Waals surface area contributed by atoms with Crippen molar-refractivity contribution in [1.29, 1.82) is 0 Å². The van der Waals surface area contributed by atoms with Gasteiger partial charge < -0.3 is 10.2 Å². The molecule has 0 fully saturated rings. The second kappa shape index (κ2) is 9.14. The monoisotopic (exact) mass is 431 g/mol. The van der Waals surface area contributed by atoms with Gasteiger partial charge in [-0.05, 0) is 36.2 Å². The molecule has 5 nitrogen and oxygen atoms in total. The summed E-state index contributed by atoms with van der Waals surface area (Å²) in [4.78, 5) is 31.9. The summed E-state index contributed by atoms with van der Waals surface area (Å²) in [6.45, 7) is 1.88. The molecule has 2 amide bonds. The van der Waals surface area contributed by atoms with Gasteiger partial charge in [-0.25, -0.2) is 0 Å². The van der Waals surface area contributed by atoms with Gasteiger partial charge in [0.1, 0.15) is 13.1 Å². The van der Waals surface area contributed by atoms with Crippen LogP contribution in [0.3, 0.4) is 0 Å². The van der Waals surface area contributed by atoms with Crippen molar-refractivity contribution >= 4 is 40.5 Å². The summed E-state index contributed by atoms with van der Waals surface area (Å²) in [6.07, 6.45) is 0.800. The highest BCUT2D eigenvalue weighted by atomic mass is 35.5. The van der Waals surface area contributed by atoms with E-state index in [1.165, 1.54) is 4.90 Å². The van der Waals surface area contributed by atoms with Gasteiger partial charge in [0.2, 0.25) is 11.8 Å². The molecule has 0 bridgehead atoms. The number of para-hydroxylation sites is 1. The van der Waals surface area contributed by atoms with E-state index < -0.39 is 0 Å². The number of aliphatic imine (C=N–C) groups is 1. The molecule has 0 aliphatic carbocycles. The van der Waals surface area contributed by atoms with Crippen LogP contribution in [-0.4, -0.2) is 30.6 Å². The van der Waals surface area contributed by atoms with Crippen molar-refractivity contribution in [3.05, 3.63) is 94.5 Å². The zero-order valence-electron chi connectivity index (χ0n) is 17.1. The van der Waals surface area contributed by atoms with E-state index in [9.17, 15) is 9.59 Å². The molecule has 0 aromatic heterocycles. The minimum Gasteiger partial charge on any atom is -0.324 e. The second-order valence-corrected chi connectivity index (χ2v) is 7.67. The molecule has 4 rings (SSSR count). The number of hydrogen-bond acceptors (Lipinski definition) is 3. The largest absolute Gasteiger partial charge is 0.324 e. The molecule has 0 radical (unpaired) electrons. The van der Waals surface area contributed by atoms with Gasteiger partial charge in [0.15, 0.2) is 0 Å². The van der Waals surface area contributed by atoms with E-state index in [2.05, 4.69) is 10.3 Å². The summed E-state index contributed by atoms with van der Waals surface area (Å²) in [5.41, 5.74) is 4.72. The number of nitrogens with one attached hydrogen (secondary N) is 1. The zero-order valence-corrected chi connectivity index (χ0v) is 17.9. The molecule has 0 spiro atoms. The van der Waals surface area contributed by atoms with Crippen molar-refractivity contribution in [3.63, 3.8) is 0 Å². The van der Waals surface area contributed by atoms with E-state index in [0.717, 1.165) is 28.8 Å². The molecule has 3 aromatic carbocycles. The summed E-state index contributed by atoms with van der Waals surface area (Å²) < 4.78 is 0. The Labute approximate surface area is 186 Å². The van der Waals surface area contributed by atoms with Gasteiger partial charge in [-0.15, -0.1) is 0 Å². The number of carbonyl (C=O) groups excluding carboxylic acids is 2. The molecular weight excluding hydrogens is 410 g/mol. The first-order chi connectivity index (χ1) is 15.1. The van der Waals surface area contributed by atoms with Gasteiger partial charge in [0, 0.05) is 21.8 Å². The lowest BCUT2D eigenvalue weighted by molar-refractivity contribution is -0.120. The van der Waals surface area contributed by atoms with Crippen molar-refractivity contribution in [2.24, 2.45) is 4.99 Å². The van der Waals surface area contributed by atoms with Crippen LogP contribution in [0.5, 0.6) is 0 Å². The maximum absolute atomic E-state index is 13.0. The Kier molecular flexibility index (Phi) is 6.14. The number of halogens is 1. The number of anilines is 2. The van der Waals surface area contributed by atoms with E-state index in [1.54, 1.807) is 18.2 Å². The maximum Gasteiger partial charge on any atom is 0.249 e. The summed E-state index contributed by atoms with van der Waals surface area (Å²) in [7, 11) is 0. The van der Waals surface area contributed by atoms with E-state index >= 15 is 0 Å². The number of carbonyl (C=O) groups is 2. The fraction of sp³-hybridized carbons (Fsp3) is 0.160. The highest BCUT2D eigenvalue weighted by Gasteiger charge is 2.27. The molecular formula is C25H22ClN3O2. The van der Waals surface area contributed by atoms with E-state index in [0.29, 0.717) is 16.4 Å². The third-order valence-corrected chi connectivity index (χ3v) is 5.43. The lowest BCUT2D eigenvalue weighted by Crippen LogP contribution is -2.39. The number of hydrogen-bond donors (Lipinski definition) is 1.